The molecule has 0 saturated carbocycles. The molecule has 0 aromatic heterocycles. The minimum absolute atomic E-state index is 0.237. The number of hydrogen-bond donors (Lipinski definition) is 0. The number of hydrogen-bond acceptors (Lipinski definition) is 8. The number of nitro groups is 2. The molecular formula is C14H14N4O8S2. The summed E-state index contributed by atoms with van der Waals surface area (Å²) in [5.41, 5.74) is 0. The number of rotatable bonds is 9. The SMILES string of the molecule is O=[N+]([O-])N(CCN([N+](=O)[O-])S(=O)(=O)c1ccccc1)S(=O)(=O)c1ccccc1. The number of sulfonamides is 2. The van der Waals surface area contributed by atoms with Gasteiger partial charge in [0.05, 0.1) is 9.79 Å². The molecule has 2 aromatic carbocycles. The van der Waals surface area contributed by atoms with E-state index >= 15 is 0 Å². The molecule has 0 radical (unpaired) electrons. The van der Waals surface area contributed by atoms with E-state index in [-0.39, 0.29) is 8.83 Å². The van der Waals surface area contributed by atoms with E-state index in [1.54, 1.807) is 0 Å². The first-order valence-electron chi connectivity index (χ1n) is 7.52. The Labute approximate surface area is 160 Å². The Bertz CT molecular complexity index is 972. The fraction of sp³-hybridized carbons (Fsp3) is 0.143. The van der Waals surface area contributed by atoms with Crippen molar-refractivity contribution in [3.8, 4) is 0 Å². The second-order valence-corrected chi connectivity index (χ2v) is 8.89. The molecule has 28 heavy (non-hydrogen) atoms. The zero-order chi connectivity index (χ0) is 20.9. The van der Waals surface area contributed by atoms with Gasteiger partial charge in [0.1, 0.15) is 13.1 Å². The predicted molar refractivity (Wildman–Crippen MR) is 94.7 cm³/mol. The predicted octanol–water partition coefficient (Wildman–Crippen LogP) is 0.752. The molecular weight excluding hydrogens is 416 g/mol. The first kappa shape index (κ1) is 21.0. The van der Waals surface area contributed by atoms with Gasteiger partial charge < -0.3 is 0 Å². The van der Waals surface area contributed by atoms with E-state index in [1.807, 2.05) is 0 Å². The van der Waals surface area contributed by atoms with Crippen molar-refractivity contribution < 1.29 is 26.9 Å². The molecule has 0 saturated heterocycles. The average Bonchev–Trinajstić information content (AvgIpc) is 2.65. The van der Waals surface area contributed by atoms with Crippen LogP contribution < -0.4 is 0 Å². The van der Waals surface area contributed by atoms with Crippen LogP contribution in [0.15, 0.2) is 70.5 Å². The molecule has 12 nitrogen and oxygen atoms in total. The van der Waals surface area contributed by atoms with Crippen molar-refractivity contribution in [2.75, 3.05) is 13.1 Å². The Morgan fingerprint density at radius 3 is 1.18 bits per heavy atom. The molecule has 14 heteroatoms. The Kier molecular flexibility index (Phi) is 6.15. The molecule has 150 valence electrons. The van der Waals surface area contributed by atoms with Crippen LogP contribution in [0.2, 0.25) is 0 Å². The van der Waals surface area contributed by atoms with Crippen LogP contribution >= 0.6 is 0 Å². The van der Waals surface area contributed by atoms with Crippen molar-refractivity contribution in [2.24, 2.45) is 0 Å². The molecule has 0 aliphatic heterocycles. The highest BCUT2D eigenvalue weighted by Crippen LogP contribution is 2.18. The Balaban J connectivity index is 2.33. The second-order valence-electron chi connectivity index (χ2n) is 5.20. The van der Waals surface area contributed by atoms with Gasteiger partial charge in [-0.25, -0.2) is 20.2 Å². The topological polar surface area (TPSA) is 161 Å². The number of nitrogens with zero attached hydrogens (tertiary/aromatic N) is 4. The van der Waals surface area contributed by atoms with Gasteiger partial charge in [0.15, 0.2) is 10.1 Å². The minimum atomic E-state index is -4.64. The zero-order valence-corrected chi connectivity index (χ0v) is 15.7. The summed E-state index contributed by atoms with van der Waals surface area (Å²) in [7, 11) is -9.28. The van der Waals surface area contributed by atoms with Crippen molar-refractivity contribution in [1.29, 1.82) is 0 Å². The van der Waals surface area contributed by atoms with Crippen LogP contribution in [0.1, 0.15) is 0 Å². The van der Waals surface area contributed by atoms with Gasteiger partial charge in [0.2, 0.25) is 0 Å². The Hall–Kier alpha value is -3.26. The molecule has 0 atom stereocenters. The van der Waals surface area contributed by atoms with Gasteiger partial charge in [-0.3, -0.25) is 0 Å². The smallest absolute Gasteiger partial charge is 0.234 e. The lowest BCUT2D eigenvalue weighted by atomic mass is 10.4. The van der Waals surface area contributed by atoms with E-state index < -0.39 is 53.0 Å². The van der Waals surface area contributed by atoms with Gasteiger partial charge in [-0.15, -0.1) is 0 Å². The largest absolute Gasteiger partial charge is 0.313 e. The quantitative estimate of drug-likeness (QED) is 0.416. The van der Waals surface area contributed by atoms with Crippen molar-refractivity contribution in [3.05, 3.63) is 80.9 Å². The van der Waals surface area contributed by atoms with Crippen molar-refractivity contribution in [2.45, 2.75) is 9.79 Å². The Morgan fingerprint density at radius 2 is 0.929 bits per heavy atom. The van der Waals surface area contributed by atoms with Gasteiger partial charge >= 0.3 is 20.0 Å². The standard InChI is InChI=1S/C14H14N4O8S2/c19-17(20)15(27(23,24)13-7-3-1-4-8-13)11-12-16(18(21)22)28(25,26)14-9-5-2-6-10-14/h1-10H,11-12H2. The normalized spacial score (nSPS) is 11.6. The summed E-state index contributed by atoms with van der Waals surface area (Å²) in [6, 6.07) is 12.8. The molecule has 0 N–H and O–H groups in total. The molecule has 2 aromatic rings. The summed E-state index contributed by atoms with van der Waals surface area (Å²) in [6.45, 7) is -2.14. The number of benzene rings is 2. The molecule has 0 aliphatic rings. The van der Waals surface area contributed by atoms with E-state index in [1.165, 1.54) is 36.4 Å². The maximum absolute atomic E-state index is 12.4. The van der Waals surface area contributed by atoms with Crippen molar-refractivity contribution >= 4 is 20.0 Å². The highest BCUT2D eigenvalue weighted by molar-refractivity contribution is 7.89. The maximum atomic E-state index is 12.4. The molecule has 0 unspecified atom stereocenters. The van der Waals surface area contributed by atoms with Crippen LogP contribution in [-0.4, -0.2) is 48.8 Å². The Morgan fingerprint density at radius 1 is 0.643 bits per heavy atom. The molecule has 0 fully saturated rings. The van der Waals surface area contributed by atoms with Gasteiger partial charge in [-0.1, -0.05) is 36.4 Å². The van der Waals surface area contributed by atoms with Crippen LogP contribution in [0.4, 0.5) is 0 Å². The van der Waals surface area contributed by atoms with E-state index in [9.17, 15) is 37.1 Å². The first-order valence-corrected chi connectivity index (χ1v) is 10.4. The molecule has 0 spiro atoms. The molecule has 2 rings (SSSR count). The molecule has 0 heterocycles. The third-order valence-corrected chi connectivity index (χ3v) is 6.96. The minimum Gasteiger partial charge on any atom is -0.234 e. The summed E-state index contributed by atoms with van der Waals surface area (Å²) in [5.74, 6) is 0. The summed E-state index contributed by atoms with van der Waals surface area (Å²) in [6.07, 6.45) is 0. The van der Waals surface area contributed by atoms with Gasteiger partial charge in [-0.05, 0) is 33.1 Å². The molecule has 0 aliphatic carbocycles. The van der Waals surface area contributed by atoms with Gasteiger partial charge in [-0.2, -0.15) is 16.8 Å². The molecule has 0 amide bonds. The van der Waals surface area contributed by atoms with Crippen LogP contribution in [0.25, 0.3) is 0 Å². The lowest BCUT2D eigenvalue weighted by Crippen LogP contribution is -2.45. The summed E-state index contributed by atoms with van der Waals surface area (Å²) in [4.78, 5) is 21.6. The molecule has 0 bridgehead atoms. The lowest BCUT2D eigenvalue weighted by molar-refractivity contribution is -0.636. The monoisotopic (exact) mass is 430 g/mol. The van der Waals surface area contributed by atoms with Crippen LogP contribution in [-0.2, 0) is 20.0 Å². The van der Waals surface area contributed by atoms with Crippen molar-refractivity contribution in [1.82, 2.24) is 8.83 Å². The highest BCUT2D eigenvalue weighted by atomic mass is 32.2. The van der Waals surface area contributed by atoms with E-state index in [4.69, 9.17) is 0 Å². The van der Waals surface area contributed by atoms with E-state index in [0.29, 0.717) is 0 Å². The van der Waals surface area contributed by atoms with Crippen LogP contribution in [0.3, 0.4) is 0 Å². The van der Waals surface area contributed by atoms with Crippen LogP contribution in [0.5, 0.6) is 0 Å². The number of hydrazine groups is 2. The van der Waals surface area contributed by atoms with E-state index in [0.717, 1.165) is 24.3 Å². The lowest BCUT2D eigenvalue weighted by Gasteiger charge is -2.17. The zero-order valence-electron chi connectivity index (χ0n) is 14.1. The van der Waals surface area contributed by atoms with Gasteiger partial charge in [0, 0.05) is 0 Å². The highest BCUT2D eigenvalue weighted by Gasteiger charge is 2.38. The third-order valence-electron chi connectivity index (χ3n) is 3.48. The second kappa shape index (κ2) is 8.18. The summed E-state index contributed by atoms with van der Waals surface area (Å²) in [5, 5.41) is 19.9. The fourth-order valence-electron chi connectivity index (χ4n) is 2.18. The van der Waals surface area contributed by atoms with E-state index in [2.05, 4.69) is 0 Å². The first-order chi connectivity index (χ1) is 13.1. The third kappa shape index (κ3) is 4.34. The van der Waals surface area contributed by atoms with Crippen molar-refractivity contribution in [3.63, 3.8) is 0 Å². The van der Waals surface area contributed by atoms with Gasteiger partial charge in [0.25, 0.3) is 0 Å². The summed E-state index contributed by atoms with van der Waals surface area (Å²) < 4.78 is 49.2. The average molecular weight is 430 g/mol. The van der Waals surface area contributed by atoms with Crippen LogP contribution in [0, 0.1) is 20.2 Å². The fourth-order valence-corrected chi connectivity index (χ4v) is 4.66. The summed E-state index contributed by atoms with van der Waals surface area (Å²) >= 11 is 0. The maximum Gasteiger partial charge on any atom is 0.313 e.